The first-order valence-electron chi connectivity index (χ1n) is 1.07. The number of hydrogen-bond acceptors (Lipinski definition) is 0. The van der Waals surface area contributed by atoms with Crippen molar-refractivity contribution in [3.8, 4) is 0 Å². The zero-order chi connectivity index (χ0) is 4.50. The van der Waals surface area contributed by atoms with Gasteiger partial charge in [-0.05, 0) is 0 Å². The molecule has 0 aliphatic carbocycles. The summed E-state index contributed by atoms with van der Waals surface area (Å²) >= 11 is -7.25. The van der Waals surface area contributed by atoms with Gasteiger partial charge in [0.2, 0.25) is 0 Å². The van der Waals surface area contributed by atoms with E-state index in [2.05, 4.69) is 0 Å². The molecule has 0 saturated heterocycles. The maximum absolute atomic E-state index is 9.91. The topological polar surface area (TPSA) is 0 Å². The molecule has 0 atom stereocenters. The van der Waals surface area contributed by atoms with Gasteiger partial charge in [0, 0.05) is 0 Å². The zero-order valence-electron chi connectivity index (χ0n) is 2.22. The number of rotatable bonds is 0. The van der Waals surface area contributed by atoms with Gasteiger partial charge in [0.25, 0.3) is 0 Å². The summed E-state index contributed by atoms with van der Waals surface area (Å²) in [6.07, 6.45) is 0. The van der Waals surface area contributed by atoms with Crippen molar-refractivity contribution < 1.29 is 30.0 Å². The predicted octanol–water partition coefficient (Wildman–Crippen LogP) is 1.68. The predicted molar refractivity (Wildman–Crippen MR) is 4.43 cm³/mol. The van der Waals surface area contributed by atoms with E-state index in [1.54, 1.807) is 0 Å². The van der Waals surface area contributed by atoms with E-state index in [1.165, 1.54) is 0 Å². The molecule has 0 rings (SSSR count). The Kier molecular flexibility index (Phi) is 1.29. The standard InChI is InChI=1S/4FH.Zn/h4*1H;/q;;;;+2/p-4. The molecule has 0 aliphatic heterocycles. The first kappa shape index (κ1) is 5.34. The van der Waals surface area contributed by atoms with E-state index < -0.39 is 16.8 Å². The molecule has 0 aromatic heterocycles. The third-order valence-corrected chi connectivity index (χ3v) is 0. The van der Waals surface area contributed by atoms with Crippen molar-refractivity contribution in [1.29, 1.82) is 0 Å². The second-order valence-electron chi connectivity index (χ2n) is 0.606. The average molecular weight is 141 g/mol. The Morgan fingerprint density at radius 2 is 0.800 bits per heavy atom. The van der Waals surface area contributed by atoms with Gasteiger partial charge in [0.15, 0.2) is 0 Å². The molecule has 0 amide bonds. The van der Waals surface area contributed by atoms with Crippen LogP contribution in [0.25, 0.3) is 0 Å². The van der Waals surface area contributed by atoms with Crippen molar-refractivity contribution in [2.24, 2.45) is 0 Å². The molecule has 5 heteroatoms. The monoisotopic (exact) mass is 140 g/mol. The van der Waals surface area contributed by atoms with Gasteiger partial charge < -0.3 is 0 Å². The molecule has 0 fully saturated rings. The summed E-state index contributed by atoms with van der Waals surface area (Å²) in [6.45, 7) is 0. The van der Waals surface area contributed by atoms with Gasteiger partial charge in [-0.2, -0.15) is 0 Å². The van der Waals surface area contributed by atoms with Crippen LogP contribution >= 0.6 is 0 Å². The van der Waals surface area contributed by atoms with Crippen LogP contribution in [0.3, 0.4) is 0 Å². The van der Waals surface area contributed by atoms with Crippen LogP contribution in [-0.2, 0) is 16.8 Å². The first-order chi connectivity index (χ1) is 2.00. The number of halogens is 4. The Balaban J connectivity index is 3.02. The van der Waals surface area contributed by atoms with Crippen LogP contribution in [0.5, 0.6) is 0 Å². The summed E-state index contributed by atoms with van der Waals surface area (Å²) in [4.78, 5) is 0. The Hall–Kier alpha value is 0.343. The summed E-state index contributed by atoms with van der Waals surface area (Å²) in [6, 6.07) is 0. The van der Waals surface area contributed by atoms with Gasteiger partial charge in [-0.1, -0.05) is 0 Å². The quantitative estimate of drug-likeness (QED) is 0.356. The molecule has 0 saturated carbocycles. The maximum atomic E-state index is 9.91. The molecule has 0 spiro atoms. The third kappa shape index (κ3) is 202. The van der Waals surface area contributed by atoms with Crippen molar-refractivity contribution in [2.45, 2.75) is 0 Å². The van der Waals surface area contributed by atoms with Crippen molar-refractivity contribution in [3.05, 3.63) is 0 Å². The second-order valence-corrected chi connectivity index (χ2v) is 3.15. The van der Waals surface area contributed by atoms with Crippen LogP contribution in [0, 0.1) is 0 Å². The molecular weight excluding hydrogens is 141 g/mol. The molecule has 0 aromatic carbocycles. The SMILES string of the molecule is [F][Zn-2]([F])([F])[F]. The summed E-state index contributed by atoms with van der Waals surface area (Å²) in [7, 11) is 0. The van der Waals surface area contributed by atoms with Crippen LogP contribution < -0.4 is 0 Å². The molecule has 5 heavy (non-hydrogen) atoms. The van der Waals surface area contributed by atoms with Crippen molar-refractivity contribution in [2.75, 3.05) is 0 Å². The van der Waals surface area contributed by atoms with E-state index in [0.29, 0.717) is 0 Å². The minimum absolute atomic E-state index is 7.25. The van der Waals surface area contributed by atoms with Gasteiger partial charge in [-0.15, -0.1) is 0 Å². The number of hydrogen-bond donors (Lipinski definition) is 0. The Labute approximate surface area is 30.9 Å². The molecule has 0 nitrogen and oxygen atoms in total. The molecule has 0 aliphatic rings. The van der Waals surface area contributed by atoms with E-state index in [1.807, 2.05) is 0 Å². The van der Waals surface area contributed by atoms with Crippen LogP contribution in [-0.4, -0.2) is 0 Å². The van der Waals surface area contributed by atoms with Crippen LogP contribution in [0.2, 0.25) is 0 Å². The fourth-order valence-electron chi connectivity index (χ4n) is 0. The molecule has 32 valence electrons. The van der Waals surface area contributed by atoms with Gasteiger partial charge in [0.05, 0.1) is 0 Å². The van der Waals surface area contributed by atoms with Gasteiger partial charge in [-0.25, -0.2) is 0 Å². The summed E-state index contributed by atoms with van der Waals surface area (Å²) in [5.41, 5.74) is 0. The van der Waals surface area contributed by atoms with E-state index >= 15 is 0 Å². The fourth-order valence-corrected chi connectivity index (χ4v) is 0. The summed E-state index contributed by atoms with van der Waals surface area (Å²) in [5, 5.41) is 0. The van der Waals surface area contributed by atoms with E-state index in [0.717, 1.165) is 0 Å². The van der Waals surface area contributed by atoms with Crippen molar-refractivity contribution >= 4 is 0 Å². The Morgan fingerprint density at radius 3 is 0.800 bits per heavy atom. The van der Waals surface area contributed by atoms with Crippen LogP contribution in [0.4, 0.5) is 13.3 Å². The van der Waals surface area contributed by atoms with Gasteiger partial charge >= 0.3 is 30.0 Å². The first-order valence-corrected chi connectivity index (χ1v) is 5.55. The average Bonchev–Trinajstić information content (AvgIpc) is 0.722. The molecule has 0 bridgehead atoms. The summed E-state index contributed by atoms with van der Waals surface area (Å²) in [5.74, 6) is 0. The van der Waals surface area contributed by atoms with Crippen LogP contribution in [0.1, 0.15) is 0 Å². The van der Waals surface area contributed by atoms with E-state index in [9.17, 15) is 13.3 Å². The van der Waals surface area contributed by atoms with Crippen LogP contribution in [0.15, 0.2) is 0 Å². The molecule has 0 N–H and O–H groups in total. The minimum atomic E-state index is -7.25. The molecule has 0 unspecified atom stereocenters. The summed E-state index contributed by atoms with van der Waals surface area (Å²) < 4.78 is 39.6. The van der Waals surface area contributed by atoms with Gasteiger partial charge in [0.1, 0.15) is 0 Å². The van der Waals surface area contributed by atoms with E-state index in [4.69, 9.17) is 0 Å². The molecular formula is F4Zn-2. The van der Waals surface area contributed by atoms with Crippen molar-refractivity contribution in [3.63, 3.8) is 0 Å². The second kappa shape index (κ2) is 1.21. The normalized spacial score (nSPS) is 12.0. The molecule has 0 aromatic rings. The third-order valence-electron chi connectivity index (χ3n) is 0. The molecule has 0 heterocycles. The Morgan fingerprint density at radius 1 is 0.800 bits per heavy atom. The van der Waals surface area contributed by atoms with Gasteiger partial charge in [-0.3, -0.25) is 0 Å². The Bertz CT molecular complexity index is 19.1. The zero-order valence-corrected chi connectivity index (χ0v) is 5.19. The van der Waals surface area contributed by atoms with E-state index in [-0.39, 0.29) is 0 Å². The van der Waals surface area contributed by atoms with Crippen molar-refractivity contribution in [1.82, 2.24) is 0 Å². The molecule has 0 radical (unpaired) electrons. The fraction of sp³-hybridized carbons (Fsp3) is 0.